The highest BCUT2D eigenvalue weighted by molar-refractivity contribution is 5.89. The SMILES string of the molecule is CCOc1ccc2[nH]c(=O)c(CN(CCCO)C(=O)Nc3ccccc3F)cc2c1. The minimum atomic E-state index is -0.559. The molecule has 0 aliphatic rings. The van der Waals surface area contributed by atoms with Crippen molar-refractivity contribution in [1.82, 2.24) is 9.88 Å². The normalized spacial score (nSPS) is 10.8. The second-order valence-corrected chi connectivity index (χ2v) is 6.71. The van der Waals surface area contributed by atoms with Gasteiger partial charge in [0.25, 0.3) is 5.56 Å². The standard InChI is InChI=1S/C22H24FN3O4/c1-2-30-17-8-9-19-15(13-17)12-16(21(28)24-19)14-26(10-5-11-27)22(29)25-20-7-4-3-6-18(20)23/h3-4,6-9,12-13,27H,2,5,10-11,14H2,1H3,(H,24,28)(H,25,29). The van der Waals surface area contributed by atoms with Gasteiger partial charge in [0.1, 0.15) is 11.6 Å². The first kappa shape index (κ1) is 21.3. The molecule has 0 bridgehead atoms. The summed E-state index contributed by atoms with van der Waals surface area (Å²) in [5.74, 6) is 0.123. The molecule has 3 rings (SSSR count). The van der Waals surface area contributed by atoms with Crippen LogP contribution < -0.4 is 15.6 Å². The number of carbonyl (C=O) groups excluding carboxylic acids is 1. The van der Waals surface area contributed by atoms with Crippen LogP contribution in [0.25, 0.3) is 10.9 Å². The molecule has 0 aliphatic heterocycles. The molecule has 0 fully saturated rings. The molecule has 0 radical (unpaired) electrons. The Kier molecular flexibility index (Phi) is 7.03. The Balaban J connectivity index is 1.87. The molecule has 2 aromatic carbocycles. The van der Waals surface area contributed by atoms with E-state index in [1.807, 2.05) is 13.0 Å². The summed E-state index contributed by atoms with van der Waals surface area (Å²) in [6.45, 7) is 2.50. The highest BCUT2D eigenvalue weighted by Gasteiger charge is 2.17. The number of anilines is 1. The number of pyridine rings is 1. The van der Waals surface area contributed by atoms with Crippen molar-refractivity contribution in [2.24, 2.45) is 0 Å². The Bertz CT molecular complexity index is 1080. The molecular formula is C22H24FN3O4. The van der Waals surface area contributed by atoms with E-state index in [4.69, 9.17) is 4.74 Å². The minimum absolute atomic E-state index is 0.00439. The number of aromatic amines is 1. The van der Waals surface area contributed by atoms with Gasteiger partial charge < -0.3 is 25.0 Å². The molecule has 0 aliphatic carbocycles. The van der Waals surface area contributed by atoms with Crippen molar-refractivity contribution < 1.29 is 19.0 Å². The van der Waals surface area contributed by atoms with Gasteiger partial charge in [-0.15, -0.1) is 0 Å². The molecule has 1 aromatic heterocycles. The largest absolute Gasteiger partial charge is 0.494 e. The maximum Gasteiger partial charge on any atom is 0.322 e. The van der Waals surface area contributed by atoms with Crippen molar-refractivity contribution in [3.05, 3.63) is 70.3 Å². The lowest BCUT2D eigenvalue weighted by molar-refractivity contribution is 0.199. The van der Waals surface area contributed by atoms with Gasteiger partial charge in [-0.3, -0.25) is 4.79 Å². The van der Waals surface area contributed by atoms with Gasteiger partial charge >= 0.3 is 6.03 Å². The Morgan fingerprint density at radius 1 is 1.23 bits per heavy atom. The molecule has 8 heteroatoms. The number of aliphatic hydroxyl groups is 1. The monoisotopic (exact) mass is 413 g/mol. The predicted octanol–water partition coefficient (Wildman–Crippen LogP) is 3.48. The van der Waals surface area contributed by atoms with E-state index in [9.17, 15) is 19.1 Å². The molecular weight excluding hydrogens is 389 g/mol. The van der Waals surface area contributed by atoms with Crippen LogP contribution >= 0.6 is 0 Å². The van der Waals surface area contributed by atoms with E-state index in [0.717, 1.165) is 5.39 Å². The van der Waals surface area contributed by atoms with Crippen LogP contribution in [0.1, 0.15) is 18.9 Å². The first-order valence-corrected chi connectivity index (χ1v) is 9.72. The Labute approximate surface area is 173 Å². The van der Waals surface area contributed by atoms with Crippen LogP contribution in [-0.2, 0) is 6.54 Å². The maximum atomic E-state index is 13.9. The number of carbonyl (C=O) groups is 1. The fourth-order valence-electron chi connectivity index (χ4n) is 3.08. The van der Waals surface area contributed by atoms with Crippen molar-refractivity contribution in [3.8, 4) is 5.75 Å². The highest BCUT2D eigenvalue weighted by atomic mass is 19.1. The quantitative estimate of drug-likeness (QED) is 0.527. The number of para-hydroxylation sites is 1. The average molecular weight is 413 g/mol. The van der Waals surface area contributed by atoms with Gasteiger partial charge in [-0.25, -0.2) is 9.18 Å². The summed E-state index contributed by atoms with van der Waals surface area (Å²) in [6.07, 6.45) is 0.324. The van der Waals surface area contributed by atoms with Crippen LogP contribution in [-0.4, -0.2) is 40.8 Å². The topological polar surface area (TPSA) is 94.7 Å². The van der Waals surface area contributed by atoms with Gasteiger partial charge in [0.05, 0.1) is 18.8 Å². The van der Waals surface area contributed by atoms with Crippen LogP contribution in [0, 0.1) is 5.82 Å². The molecule has 0 spiro atoms. The van der Waals surface area contributed by atoms with Crippen LogP contribution in [0.3, 0.4) is 0 Å². The molecule has 2 amide bonds. The Morgan fingerprint density at radius 3 is 2.77 bits per heavy atom. The summed E-state index contributed by atoms with van der Waals surface area (Å²) in [5, 5.41) is 12.5. The van der Waals surface area contributed by atoms with Crippen molar-refractivity contribution >= 4 is 22.6 Å². The van der Waals surface area contributed by atoms with E-state index in [1.54, 1.807) is 24.3 Å². The summed E-state index contributed by atoms with van der Waals surface area (Å²) in [4.78, 5) is 29.4. The molecule has 0 atom stereocenters. The molecule has 158 valence electrons. The van der Waals surface area contributed by atoms with E-state index in [1.165, 1.54) is 23.1 Å². The van der Waals surface area contributed by atoms with E-state index >= 15 is 0 Å². The van der Waals surface area contributed by atoms with Gasteiger partial charge in [0, 0.05) is 29.6 Å². The summed E-state index contributed by atoms with van der Waals surface area (Å²) < 4.78 is 19.4. The van der Waals surface area contributed by atoms with E-state index < -0.39 is 11.8 Å². The molecule has 0 saturated carbocycles. The highest BCUT2D eigenvalue weighted by Crippen LogP contribution is 2.20. The molecule has 0 unspecified atom stereocenters. The van der Waals surface area contributed by atoms with Crippen molar-refractivity contribution in [2.45, 2.75) is 19.9 Å². The fourth-order valence-corrected chi connectivity index (χ4v) is 3.08. The van der Waals surface area contributed by atoms with Gasteiger partial charge in [0.15, 0.2) is 0 Å². The lowest BCUT2D eigenvalue weighted by Gasteiger charge is -2.23. The van der Waals surface area contributed by atoms with Crippen LogP contribution in [0.15, 0.2) is 53.3 Å². The number of aromatic nitrogens is 1. The number of aliphatic hydroxyl groups excluding tert-OH is 1. The average Bonchev–Trinajstić information content (AvgIpc) is 2.73. The zero-order valence-electron chi connectivity index (χ0n) is 16.7. The first-order valence-electron chi connectivity index (χ1n) is 9.72. The third kappa shape index (κ3) is 5.15. The number of rotatable bonds is 8. The fraction of sp³-hybridized carbons (Fsp3) is 0.273. The third-order valence-electron chi connectivity index (χ3n) is 4.55. The lowest BCUT2D eigenvalue weighted by atomic mass is 10.1. The van der Waals surface area contributed by atoms with E-state index in [-0.39, 0.29) is 30.9 Å². The molecule has 3 aromatic rings. The predicted molar refractivity (Wildman–Crippen MR) is 113 cm³/mol. The van der Waals surface area contributed by atoms with Gasteiger partial charge in [-0.05, 0) is 49.7 Å². The summed E-state index contributed by atoms with van der Waals surface area (Å²) in [5.41, 5.74) is 0.757. The van der Waals surface area contributed by atoms with Crippen LogP contribution in [0.4, 0.5) is 14.9 Å². The number of benzene rings is 2. The number of nitrogens with zero attached hydrogens (tertiary/aromatic N) is 1. The summed E-state index contributed by atoms with van der Waals surface area (Å²) >= 11 is 0. The zero-order chi connectivity index (χ0) is 21.5. The second-order valence-electron chi connectivity index (χ2n) is 6.71. The lowest BCUT2D eigenvalue weighted by Crippen LogP contribution is -2.37. The number of hydrogen-bond donors (Lipinski definition) is 3. The van der Waals surface area contributed by atoms with Crippen molar-refractivity contribution in [2.75, 3.05) is 25.1 Å². The smallest absolute Gasteiger partial charge is 0.322 e. The van der Waals surface area contributed by atoms with Gasteiger partial charge in [-0.1, -0.05) is 12.1 Å². The zero-order valence-corrected chi connectivity index (χ0v) is 16.7. The minimum Gasteiger partial charge on any atom is -0.494 e. The van der Waals surface area contributed by atoms with Gasteiger partial charge in [0.2, 0.25) is 0 Å². The Morgan fingerprint density at radius 2 is 2.03 bits per heavy atom. The number of nitrogens with one attached hydrogen (secondary N) is 2. The third-order valence-corrected chi connectivity index (χ3v) is 4.55. The number of hydrogen-bond acceptors (Lipinski definition) is 4. The number of fused-ring (bicyclic) bond motifs is 1. The first-order chi connectivity index (χ1) is 14.5. The second kappa shape index (κ2) is 9.89. The molecule has 7 nitrogen and oxygen atoms in total. The molecule has 1 heterocycles. The summed E-state index contributed by atoms with van der Waals surface area (Å²) in [7, 11) is 0. The van der Waals surface area contributed by atoms with Crippen molar-refractivity contribution in [3.63, 3.8) is 0 Å². The maximum absolute atomic E-state index is 13.9. The van der Waals surface area contributed by atoms with Crippen LogP contribution in [0.2, 0.25) is 0 Å². The Hall–Kier alpha value is -3.39. The van der Waals surface area contributed by atoms with E-state index in [0.29, 0.717) is 29.9 Å². The number of H-pyrrole nitrogens is 1. The van der Waals surface area contributed by atoms with Gasteiger partial charge in [-0.2, -0.15) is 0 Å². The number of amides is 2. The van der Waals surface area contributed by atoms with E-state index in [2.05, 4.69) is 10.3 Å². The number of urea groups is 1. The van der Waals surface area contributed by atoms with Crippen molar-refractivity contribution in [1.29, 1.82) is 0 Å². The molecule has 0 saturated heterocycles. The number of halogens is 1. The van der Waals surface area contributed by atoms with Crippen LogP contribution in [0.5, 0.6) is 5.75 Å². The molecule has 3 N–H and O–H groups in total. The molecule has 30 heavy (non-hydrogen) atoms. The summed E-state index contributed by atoms with van der Waals surface area (Å²) in [6, 6.07) is 12.3. The number of ether oxygens (including phenoxy) is 1.